The number of nitrogens with one attached hydrogen (secondary N) is 1. The predicted molar refractivity (Wildman–Crippen MR) is 73.6 cm³/mol. The first-order chi connectivity index (χ1) is 9.22. The summed E-state index contributed by atoms with van der Waals surface area (Å²) in [6, 6.07) is 5.94. The lowest BCUT2D eigenvalue weighted by Crippen LogP contribution is -2.34. The van der Waals surface area contributed by atoms with Gasteiger partial charge < -0.3 is 14.8 Å². The van der Waals surface area contributed by atoms with Crippen molar-refractivity contribution in [3.05, 3.63) is 23.8 Å². The van der Waals surface area contributed by atoms with Gasteiger partial charge in [0.2, 0.25) is 5.91 Å². The van der Waals surface area contributed by atoms with E-state index in [4.69, 9.17) is 9.47 Å². The largest absolute Gasteiger partial charge is 0.486 e. The summed E-state index contributed by atoms with van der Waals surface area (Å²) < 4.78 is 11.0. The number of fused-ring (bicyclic) bond motifs is 1. The van der Waals surface area contributed by atoms with Gasteiger partial charge in [0.1, 0.15) is 13.2 Å². The van der Waals surface area contributed by atoms with Crippen molar-refractivity contribution in [3.63, 3.8) is 0 Å². The van der Waals surface area contributed by atoms with E-state index in [9.17, 15) is 4.79 Å². The van der Waals surface area contributed by atoms with Crippen LogP contribution in [0.3, 0.4) is 0 Å². The fourth-order valence-electron chi connectivity index (χ4n) is 2.15. The molecule has 1 aromatic rings. The number of amides is 1. The van der Waals surface area contributed by atoms with E-state index in [1.165, 1.54) is 0 Å². The van der Waals surface area contributed by atoms with Gasteiger partial charge in [-0.15, -0.1) is 0 Å². The van der Waals surface area contributed by atoms with E-state index in [-0.39, 0.29) is 11.9 Å². The van der Waals surface area contributed by atoms with Crippen LogP contribution < -0.4 is 14.8 Å². The molecule has 0 fully saturated rings. The topological polar surface area (TPSA) is 47.6 Å². The van der Waals surface area contributed by atoms with E-state index < -0.39 is 0 Å². The molecule has 4 nitrogen and oxygen atoms in total. The van der Waals surface area contributed by atoms with E-state index in [1.54, 1.807) is 0 Å². The standard InChI is InChI=1S/C15H21NO3/c1-3-12(4-2)16-15(17)10-11-5-6-13-14(9-11)19-8-7-18-13/h5-6,9,12H,3-4,7-8,10H2,1-2H3,(H,16,17). The molecule has 0 unspecified atom stereocenters. The SMILES string of the molecule is CCC(CC)NC(=O)Cc1ccc2c(c1)OCCO2. The number of hydrogen-bond donors (Lipinski definition) is 1. The van der Waals surface area contributed by atoms with Crippen molar-refractivity contribution in [3.8, 4) is 11.5 Å². The molecule has 2 rings (SSSR count). The van der Waals surface area contributed by atoms with Gasteiger partial charge in [-0.2, -0.15) is 0 Å². The average Bonchev–Trinajstić information content (AvgIpc) is 2.44. The van der Waals surface area contributed by atoms with Crippen molar-refractivity contribution in [2.24, 2.45) is 0 Å². The Labute approximate surface area is 114 Å². The molecule has 19 heavy (non-hydrogen) atoms. The Hall–Kier alpha value is -1.71. The van der Waals surface area contributed by atoms with Crippen molar-refractivity contribution in [2.45, 2.75) is 39.2 Å². The van der Waals surface area contributed by atoms with Gasteiger partial charge in [0, 0.05) is 6.04 Å². The molecule has 0 spiro atoms. The second-order valence-electron chi connectivity index (χ2n) is 4.74. The second-order valence-corrected chi connectivity index (χ2v) is 4.74. The first kappa shape index (κ1) is 13.7. The van der Waals surface area contributed by atoms with Gasteiger partial charge in [0.15, 0.2) is 11.5 Å². The first-order valence-corrected chi connectivity index (χ1v) is 6.90. The van der Waals surface area contributed by atoms with Crippen molar-refractivity contribution in [2.75, 3.05) is 13.2 Å². The highest BCUT2D eigenvalue weighted by molar-refractivity contribution is 5.79. The minimum Gasteiger partial charge on any atom is -0.486 e. The van der Waals surface area contributed by atoms with Crippen molar-refractivity contribution in [1.82, 2.24) is 5.32 Å². The summed E-state index contributed by atoms with van der Waals surface area (Å²) in [4.78, 5) is 11.9. The van der Waals surface area contributed by atoms with Gasteiger partial charge in [-0.3, -0.25) is 4.79 Å². The molecule has 1 aliphatic rings. The summed E-state index contributed by atoms with van der Waals surface area (Å²) in [6.07, 6.45) is 2.31. The summed E-state index contributed by atoms with van der Waals surface area (Å²) >= 11 is 0. The molecule has 1 aromatic carbocycles. The Morgan fingerprint density at radius 1 is 1.21 bits per heavy atom. The van der Waals surface area contributed by atoms with E-state index in [2.05, 4.69) is 19.2 Å². The molecule has 0 bridgehead atoms. The molecule has 0 saturated carbocycles. The van der Waals surface area contributed by atoms with Gasteiger partial charge in [-0.05, 0) is 30.5 Å². The van der Waals surface area contributed by atoms with Crippen LogP contribution in [0.2, 0.25) is 0 Å². The predicted octanol–water partition coefficient (Wildman–Crippen LogP) is 2.31. The van der Waals surface area contributed by atoms with Crippen molar-refractivity contribution >= 4 is 5.91 Å². The quantitative estimate of drug-likeness (QED) is 0.886. The number of carbonyl (C=O) groups excluding carboxylic acids is 1. The van der Waals surface area contributed by atoms with E-state index in [1.807, 2.05) is 18.2 Å². The number of rotatable bonds is 5. The molecule has 0 atom stereocenters. The molecule has 1 N–H and O–H groups in total. The Bertz CT molecular complexity index is 441. The molecule has 0 saturated heterocycles. The van der Waals surface area contributed by atoms with Crippen molar-refractivity contribution < 1.29 is 14.3 Å². The van der Waals surface area contributed by atoms with Crippen LogP contribution >= 0.6 is 0 Å². The maximum absolute atomic E-state index is 11.9. The number of hydrogen-bond acceptors (Lipinski definition) is 3. The molecule has 1 aliphatic heterocycles. The lowest BCUT2D eigenvalue weighted by Gasteiger charge is -2.19. The minimum atomic E-state index is 0.0605. The van der Waals surface area contributed by atoms with E-state index in [0.717, 1.165) is 29.9 Å². The van der Waals surface area contributed by atoms with Gasteiger partial charge in [0.25, 0.3) is 0 Å². The molecule has 0 radical (unpaired) electrons. The Morgan fingerprint density at radius 3 is 2.58 bits per heavy atom. The molecule has 0 aliphatic carbocycles. The zero-order chi connectivity index (χ0) is 13.7. The molecule has 4 heteroatoms. The Kier molecular flexibility index (Phi) is 4.66. The maximum atomic E-state index is 11.9. The number of carbonyl (C=O) groups is 1. The maximum Gasteiger partial charge on any atom is 0.224 e. The van der Waals surface area contributed by atoms with Crippen LogP contribution in [-0.2, 0) is 11.2 Å². The van der Waals surface area contributed by atoms with Crippen LogP contribution in [0.1, 0.15) is 32.3 Å². The van der Waals surface area contributed by atoms with Crippen LogP contribution in [0.15, 0.2) is 18.2 Å². The monoisotopic (exact) mass is 263 g/mol. The highest BCUT2D eigenvalue weighted by Gasteiger charge is 2.14. The third kappa shape index (κ3) is 3.63. The summed E-state index contributed by atoms with van der Waals surface area (Å²) in [5.41, 5.74) is 0.952. The lowest BCUT2D eigenvalue weighted by molar-refractivity contribution is -0.121. The van der Waals surface area contributed by atoms with Crippen molar-refractivity contribution in [1.29, 1.82) is 0 Å². The van der Waals surface area contributed by atoms with Crippen LogP contribution in [-0.4, -0.2) is 25.2 Å². The van der Waals surface area contributed by atoms with Crippen LogP contribution in [0.5, 0.6) is 11.5 Å². The third-order valence-corrected chi connectivity index (χ3v) is 3.32. The summed E-state index contributed by atoms with van der Waals surface area (Å²) in [5, 5.41) is 3.03. The molecule has 0 aromatic heterocycles. The van der Waals surface area contributed by atoms with Gasteiger partial charge >= 0.3 is 0 Å². The third-order valence-electron chi connectivity index (χ3n) is 3.32. The Morgan fingerprint density at radius 2 is 1.89 bits per heavy atom. The summed E-state index contributed by atoms with van der Waals surface area (Å²) in [5.74, 6) is 1.56. The summed E-state index contributed by atoms with van der Waals surface area (Å²) in [6.45, 7) is 5.31. The fraction of sp³-hybridized carbons (Fsp3) is 0.533. The van der Waals surface area contributed by atoms with Gasteiger partial charge in [-0.1, -0.05) is 19.9 Å². The smallest absolute Gasteiger partial charge is 0.224 e. The lowest BCUT2D eigenvalue weighted by atomic mass is 10.1. The number of ether oxygens (including phenoxy) is 2. The average molecular weight is 263 g/mol. The molecular weight excluding hydrogens is 242 g/mol. The zero-order valence-electron chi connectivity index (χ0n) is 11.6. The summed E-state index contributed by atoms with van der Waals surface area (Å²) in [7, 11) is 0. The van der Waals surface area contributed by atoms with E-state index >= 15 is 0 Å². The van der Waals surface area contributed by atoms with Crippen LogP contribution in [0.4, 0.5) is 0 Å². The fourth-order valence-corrected chi connectivity index (χ4v) is 2.15. The Balaban J connectivity index is 1.97. The second kappa shape index (κ2) is 6.45. The van der Waals surface area contributed by atoms with Gasteiger partial charge in [-0.25, -0.2) is 0 Å². The normalized spacial score (nSPS) is 13.4. The molecule has 1 amide bonds. The van der Waals surface area contributed by atoms with E-state index in [0.29, 0.717) is 19.6 Å². The van der Waals surface area contributed by atoms with Crippen LogP contribution in [0, 0.1) is 0 Å². The highest BCUT2D eigenvalue weighted by atomic mass is 16.6. The minimum absolute atomic E-state index is 0.0605. The number of benzene rings is 1. The van der Waals surface area contributed by atoms with Gasteiger partial charge in [0.05, 0.1) is 6.42 Å². The van der Waals surface area contributed by atoms with Crippen LogP contribution in [0.25, 0.3) is 0 Å². The first-order valence-electron chi connectivity index (χ1n) is 6.90. The molecule has 104 valence electrons. The highest BCUT2D eigenvalue weighted by Crippen LogP contribution is 2.30. The molecular formula is C15H21NO3. The molecule has 1 heterocycles. The zero-order valence-corrected chi connectivity index (χ0v) is 11.6.